The maximum Gasteiger partial charge on any atom is 0.262 e. The van der Waals surface area contributed by atoms with Gasteiger partial charge in [-0.3, -0.25) is 14.2 Å². The molecular formula is C19H16Cl3N3O3S. The second-order valence-electron chi connectivity index (χ2n) is 6.03. The van der Waals surface area contributed by atoms with E-state index in [1.807, 2.05) is 0 Å². The number of carbonyl (C=O) groups excluding carboxylic acids is 1. The Balaban J connectivity index is 1.81. The molecule has 0 bridgehead atoms. The second-order valence-corrected chi connectivity index (χ2v) is 8.19. The SMILES string of the molecule is O=C(CSc1nc2ccccc2c(=O)n1CCCO)Nc1cc(Cl)c(Cl)cc1Cl. The first-order valence-corrected chi connectivity index (χ1v) is 10.7. The first-order chi connectivity index (χ1) is 13.9. The minimum Gasteiger partial charge on any atom is -0.396 e. The summed E-state index contributed by atoms with van der Waals surface area (Å²) < 4.78 is 1.47. The third kappa shape index (κ3) is 5.24. The van der Waals surface area contributed by atoms with E-state index in [4.69, 9.17) is 39.9 Å². The first kappa shape index (κ1) is 21.9. The van der Waals surface area contributed by atoms with Crippen LogP contribution in [-0.2, 0) is 11.3 Å². The summed E-state index contributed by atoms with van der Waals surface area (Å²) >= 11 is 19.1. The molecule has 29 heavy (non-hydrogen) atoms. The van der Waals surface area contributed by atoms with Gasteiger partial charge in [-0.2, -0.15) is 0 Å². The van der Waals surface area contributed by atoms with Crippen molar-refractivity contribution in [3.05, 3.63) is 61.8 Å². The maximum absolute atomic E-state index is 12.8. The molecule has 0 aliphatic rings. The maximum atomic E-state index is 12.8. The van der Waals surface area contributed by atoms with Crippen LogP contribution in [0.1, 0.15) is 6.42 Å². The number of halogens is 3. The number of hydrogen-bond acceptors (Lipinski definition) is 5. The highest BCUT2D eigenvalue weighted by atomic mass is 35.5. The molecule has 2 N–H and O–H groups in total. The largest absolute Gasteiger partial charge is 0.396 e. The number of nitrogens with zero attached hydrogens (tertiary/aromatic N) is 2. The van der Waals surface area contributed by atoms with Gasteiger partial charge >= 0.3 is 0 Å². The summed E-state index contributed by atoms with van der Waals surface area (Å²) in [4.78, 5) is 29.7. The summed E-state index contributed by atoms with van der Waals surface area (Å²) in [5.74, 6) is -0.341. The van der Waals surface area contributed by atoms with Gasteiger partial charge in [-0.25, -0.2) is 4.98 Å². The molecule has 0 radical (unpaired) electrons. The van der Waals surface area contributed by atoms with Gasteiger partial charge in [0.15, 0.2) is 5.16 Å². The highest BCUT2D eigenvalue weighted by Crippen LogP contribution is 2.32. The van der Waals surface area contributed by atoms with Crippen molar-refractivity contribution in [3.63, 3.8) is 0 Å². The van der Waals surface area contributed by atoms with E-state index in [9.17, 15) is 9.59 Å². The van der Waals surface area contributed by atoms with Crippen LogP contribution < -0.4 is 10.9 Å². The molecule has 1 amide bonds. The van der Waals surface area contributed by atoms with Crippen LogP contribution in [0.4, 0.5) is 5.69 Å². The lowest BCUT2D eigenvalue weighted by atomic mass is 10.2. The molecule has 3 aromatic rings. The van der Waals surface area contributed by atoms with Crippen molar-refractivity contribution in [2.75, 3.05) is 17.7 Å². The highest BCUT2D eigenvalue weighted by Gasteiger charge is 2.14. The summed E-state index contributed by atoms with van der Waals surface area (Å²) in [6.07, 6.45) is 0.401. The molecule has 0 fully saturated rings. The predicted octanol–water partition coefficient (Wildman–Crippen LogP) is 4.47. The van der Waals surface area contributed by atoms with Crippen molar-refractivity contribution in [3.8, 4) is 0 Å². The quantitative estimate of drug-likeness (QED) is 0.301. The molecule has 1 heterocycles. The number of fused-ring (bicyclic) bond motifs is 1. The number of benzene rings is 2. The molecule has 0 aliphatic carbocycles. The normalized spacial score (nSPS) is 11.0. The van der Waals surface area contributed by atoms with Gasteiger partial charge in [0, 0.05) is 13.2 Å². The standard InChI is InChI=1S/C19H16Cl3N3O3S/c20-12-8-14(22)16(9-13(12)21)23-17(27)10-29-19-24-15-5-2-1-4-11(15)18(28)25(19)6-3-7-26/h1-2,4-5,8-9,26H,3,6-7,10H2,(H,23,27). The number of anilines is 1. The van der Waals surface area contributed by atoms with Gasteiger partial charge in [-0.15, -0.1) is 0 Å². The highest BCUT2D eigenvalue weighted by molar-refractivity contribution is 7.99. The summed E-state index contributed by atoms with van der Waals surface area (Å²) in [6, 6.07) is 9.93. The van der Waals surface area contributed by atoms with Crippen LogP contribution in [0.3, 0.4) is 0 Å². The van der Waals surface area contributed by atoms with E-state index in [1.54, 1.807) is 24.3 Å². The second kappa shape index (κ2) is 9.82. The lowest BCUT2D eigenvalue weighted by molar-refractivity contribution is -0.113. The van der Waals surface area contributed by atoms with E-state index in [0.717, 1.165) is 11.8 Å². The van der Waals surface area contributed by atoms with Crippen molar-refractivity contribution >= 4 is 69.1 Å². The molecule has 2 aromatic carbocycles. The molecule has 0 atom stereocenters. The monoisotopic (exact) mass is 471 g/mol. The fraction of sp³-hybridized carbons (Fsp3) is 0.211. The number of aliphatic hydroxyl groups excluding tert-OH is 1. The van der Waals surface area contributed by atoms with E-state index in [0.29, 0.717) is 34.7 Å². The summed E-state index contributed by atoms with van der Waals surface area (Å²) in [6.45, 7) is 0.245. The topological polar surface area (TPSA) is 84.2 Å². The summed E-state index contributed by atoms with van der Waals surface area (Å²) in [7, 11) is 0. The zero-order chi connectivity index (χ0) is 21.0. The number of aliphatic hydroxyl groups is 1. The average molecular weight is 473 g/mol. The zero-order valence-corrected chi connectivity index (χ0v) is 18.1. The number of aromatic nitrogens is 2. The number of para-hydroxylation sites is 1. The van der Waals surface area contributed by atoms with Crippen LogP contribution in [0.25, 0.3) is 10.9 Å². The van der Waals surface area contributed by atoms with Crippen LogP contribution >= 0.6 is 46.6 Å². The lowest BCUT2D eigenvalue weighted by Gasteiger charge is -2.13. The number of hydrogen-bond donors (Lipinski definition) is 2. The zero-order valence-electron chi connectivity index (χ0n) is 15.0. The number of amides is 1. The Hall–Kier alpha value is -1.77. The third-order valence-corrected chi connectivity index (χ3v) is 5.99. The third-order valence-electron chi connectivity index (χ3n) is 3.98. The first-order valence-electron chi connectivity index (χ1n) is 8.58. The Morgan fingerprint density at radius 1 is 1.14 bits per heavy atom. The van der Waals surface area contributed by atoms with Crippen LogP contribution in [0.15, 0.2) is 46.3 Å². The smallest absolute Gasteiger partial charge is 0.262 e. The van der Waals surface area contributed by atoms with Crippen molar-refractivity contribution in [2.45, 2.75) is 18.1 Å². The summed E-state index contributed by atoms with van der Waals surface area (Å²) in [5.41, 5.74) is 0.684. The van der Waals surface area contributed by atoms with Crippen LogP contribution in [0.2, 0.25) is 15.1 Å². The number of nitrogens with one attached hydrogen (secondary N) is 1. The number of carbonyl (C=O) groups is 1. The van der Waals surface area contributed by atoms with E-state index < -0.39 is 0 Å². The molecule has 0 saturated heterocycles. The van der Waals surface area contributed by atoms with Crippen LogP contribution in [-0.4, -0.2) is 32.9 Å². The van der Waals surface area contributed by atoms with Gasteiger partial charge < -0.3 is 10.4 Å². The molecule has 1 aromatic heterocycles. The van der Waals surface area contributed by atoms with E-state index >= 15 is 0 Å². The van der Waals surface area contributed by atoms with Gasteiger partial charge in [0.1, 0.15) is 0 Å². The van der Waals surface area contributed by atoms with Crippen molar-refractivity contribution in [1.29, 1.82) is 0 Å². The number of rotatable bonds is 7. The predicted molar refractivity (Wildman–Crippen MR) is 119 cm³/mol. The molecule has 0 unspecified atom stereocenters. The van der Waals surface area contributed by atoms with E-state index in [2.05, 4.69) is 10.3 Å². The molecule has 0 saturated carbocycles. The average Bonchev–Trinajstić information content (AvgIpc) is 2.70. The van der Waals surface area contributed by atoms with Crippen molar-refractivity contribution < 1.29 is 9.90 Å². The van der Waals surface area contributed by atoms with Gasteiger partial charge in [0.25, 0.3) is 5.56 Å². The van der Waals surface area contributed by atoms with Crippen LogP contribution in [0.5, 0.6) is 0 Å². The minimum absolute atomic E-state index is 0.000476. The van der Waals surface area contributed by atoms with Crippen molar-refractivity contribution in [1.82, 2.24) is 9.55 Å². The van der Waals surface area contributed by atoms with E-state index in [1.165, 1.54) is 16.7 Å². The molecule has 3 rings (SSSR count). The molecular weight excluding hydrogens is 457 g/mol. The molecule has 0 spiro atoms. The van der Waals surface area contributed by atoms with Gasteiger partial charge in [-0.05, 0) is 30.7 Å². The Bertz CT molecular complexity index is 1120. The van der Waals surface area contributed by atoms with E-state index in [-0.39, 0.29) is 38.9 Å². The Morgan fingerprint density at radius 3 is 2.62 bits per heavy atom. The van der Waals surface area contributed by atoms with Gasteiger partial charge in [0.05, 0.1) is 37.4 Å². The molecule has 0 aliphatic heterocycles. The fourth-order valence-corrected chi connectivity index (χ4v) is 4.04. The van der Waals surface area contributed by atoms with Gasteiger partial charge in [0.2, 0.25) is 5.91 Å². The lowest BCUT2D eigenvalue weighted by Crippen LogP contribution is -2.24. The fourth-order valence-electron chi connectivity index (χ4n) is 2.62. The Morgan fingerprint density at radius 2 is 1.86 bits per heavy atom. The molecule has 10 heteroatoms. The Kier molecular flexibility index (Phi) is 7.43. The summed E-state index contributed by atoms with van der Waals surface area (Å²) in [5, 5.41) is 13.5. The minimum atomic E-state index is -0.341. The number of thioether (sulfide) groups is 1. The molecule has 152 valence electrons. The van der Waals surface area contributed by atoms with Crippen molar-refractivity contribution in [2.24, 2.45) is 0 Å². The van der Waals surface area contributed by atoms with Crippen LogP contribution in [0, 0.1) is 0 Å². The Labute approximate surface area is 185 Å². The molecule has 6 nitrogen and oxygen atoms in total. The van der Waals surface area contributed by atoms with Gasteiger partial charge in [-0.1, -0.05) is 58.7 Å².